The van der Waals surface area contributed by atoms with Crippen molar-refractivity contribution >= 4 is 24.2 Å². The topological polar surface area (TPSA) is 50.8 Å². The molecule has 1 aliphatic heterocycles. The third kappa shape index (κ3) is 8.85. The van der Waals surface area contributed by atoms with Crippen molar-refractivity contribution < 1.29 is 14.3 Å². The molecule has 1 saturated heterocycles. The van der Waals surface area contributed by atoms with E-state index in [1.165, 1.54) is 12.8 Å². The molecule has 1 heterocycles. The van der Waals surface area contributed by atoms with E-state index < -0.39 is 0 Å². The molecular formula is C21H35ClN2O3. The zero-order valence-corrected chi connectivity index (χ0v) is 17.6. The molecule has 1 N–H and O–H groups in total. The van der Waals surface area contributed by atoms with Gasteiger partial charge < -0.3 is 14.4 Å². The van der Waals surface area contributed by atoms with Gasteiger partial charge in [-0.3, -0.25) is 5.32 Å². The zero-order chi connectivity index (χ0) is 18.6. The maximum Gasteiger partial charge on any atom is 0.412 e. The third-order valence-electron chi connectivity index (χ3n) is 4.77. The van der Waals surface area contributed by atoms with E-state index in [2.05, 4.69) is 24.1 Å². The summed E-state index contributed by atoms with van der Waals surface area (Å²) in [7, 11) is 0. The van der Waals surface area contributed by atoms with Crippen molar-refractivity contribution in [2.24, 2.45) is 0 Å². The van der Waals surface area contributed by atoms with E-state index in [4.69, 9.17) is 9.47 Å². The minimum atomic E-state index is -0.387. The van der Waals surface area contributed by atoms with Crippen molar-refractivity contribution in [2.75, 3.05) is 31.6 Å². The van der Waals surface area contributed by atoms with Gasteiger partial charge >= 0.3 is 6.09 Å². The van der Waals surface area contributed by atoms with E-state index in [-0.39, 0.29) is 24.6 Å². The molecule has 5 nitrogen and oxygen atoms in total. The molecule has 0 aliphatic carbocycles. The summed E-state index contributed by atoms with van der Waals surface area (Å²) in [5.41, 5.74) is 0.675. The first-order valence-corrected chi connectivity index (χ1v) is 10.1. The van der Waals surface area contributed by atoms with Gasteiger partial charge in [0.25, 0.3) is 0 Å². The molecule has 1 fully saturated rings. The lowest BCUT2D eigenvalue weighted by Crippen LogP contribution is -2.38. The standard InChI is InChI=1S/C21H34N2O3.ClH/c1-3-5-9-17-25-20-11-8-7-10-19(20)22-21(24)26-18-12-15-23(16-13-18)14-6-4-2;/h7-8,10-11,18H,3-6,9,12-17H2,1-2H3,(H,22,24);1H. The van der Waals surface area contributed by atoms with Crippen LogP contribution in [0.5, 0.6) is 5.75 Å². The van der Waals surface area contributed by atoms with E-state index in [1.54, 1.807) is 0 Å². The first-order chi connectivity index (χ1) is 12.7. The van der Waals surface area contributed by atoms with Crippen molar-refractivity contribution in [3.8, 4) is 5.75 Å². The SMILES string of the molecule is CCCCCOc1ccccc1NC(=O)OC1CCN(CCCC)CC1.Cl. The van der Waals surface area contributed by atoms with Crippen molar-refractivity contribution in [3.05, 3.63) is 24.3 Å². The van der Waals surface area contributed by atoms with Crippen LogP contribution in [-0.4, -0.2) is 43.3 Å². The average Bonchev–Trinajstić information content (AvgIpc) is 2.66. The molecule has 0 aromatic heterocycles. The number of nitrogens with one attached hydrogen (secondary N) is 1. The highest BCUT2D eigenvalue weighted by atomic mass is 35.5. The summed E-state index contributed by atoms with van der Waals surface area (Å²) in [6.45, 7) is 8.21. The van der Waals surface area contributed by atoms with E-state index in [0.717, 1.165) is 51.7 Å². The van der Waals surface area contributed by atoms with Crippen LogP contribution in [0.2, 0.25) is 0 Å². The molecule has 154 valence electrons. The molecule has 27 heavy (non-hydrogen) atoms. The van der Waals surface area contributed by atoms with Crippen LogP contribution >= 0.6 is 12.4 Å². The van der Waals surface area contributed by atoms with Gasteiger partial charge in [0.1, 0.15) is 11.9 Å². The van der Waals surface area contributed by atoms with Gasteiger partial charge in [0.15, 0.2) is 0 Å². The van der Waals surface area contributed by atoms with Crippen LogP contribution in [0.4, 0.5) is 10.5 Å². The van der Waals surface area contributed by atoms with Gasteiger partial charge in [-0.2, -0.15) is 0 Å². The normalized spacial score (nSPS) is 15.0. The maximum atomic E-state index is 12.3. The van der Waals surface area contributed by atoms with E-state index in [1.807, 2.05) is 24.3 Å². The molecule has 0 unspecified atom stereocenters. The number of likely N-dealkylation sites (tertiary alicyclic amines) is 1. The van der Waals surface area contributed by atoms with Crippen LogP contribution in [0.3, 0.4) is 0 Å². The zero-order valence-electron chi connectivity index (χ0n) is 16.7. The fourth-order valence-corrected chi connectivity index (χ4v) is 3.15. The largest absolute Gasteiger partial charge is 0.491 e. The number of rotatable bonds is 10. The highest BCUT2D eigenvalue weighted by Crippen LogP contribution is 2.25. The van der Waals surface area contributed by atoms with Crippen LogP contribution in [0.15, 0.2) is 24.3 Å². The second-order valence-electron chi connectivity index (χ2n) is 6.98. The highest BCUT2D eigenvalue weighted by molar-refractivity contribution is 5.86. The lowest BCUT2D eigenvalue weighted by molar-refractivity contribution is 0.0586. The van der Waals surface area contributed by atoms with Gasteiger partial charge in [-0.1, -0.05) is 45.2 Å². The van der Waals surface area contributed by atoms with E-state index in [0.29, 0.717) is 18.0 Å². The van der Waals surface area contributed by atoms with Gasteiger partial charge in [-0.05, 0) is 44.4 Å². The molecule has 0 spiro atoms. The van der Waals surface area contributed by atoms with Crippen molar-refractivity contribution in [1.29, 1.82) is 0 Å². The number of carbonyl (C=O) groups is 1. The van der Waals surface area contributed by atoms with Gasteiger partial charge in [-0.15, -0.1) is 12.4 Å². The molecule has 0 saturated carbocycles. The quantitative estimate of drug-likeness (QED) is 0.529. The number of amides is 1. The number of anilines is 1. The van der Waals surface area contributed by atoms with Gasteiger partial charge in [-0.25, -0.2) is 4.79 Å². The number of halogens is 1. The Bertz CT molecular complexity index is 534. The molecule has 1 aromatic carbocycles. The van der Waals surface area contributed by atoms with Crippen LogP contribution in [-0.2, 0) is 4.74 Å². The lowest BCUT2D eigenvalue weighted by atomic mass is 10.1. The Labute approximate surface area is 170 Å². The fourth-order valence-electron chi connectivity index (χ4n) is 3.15. The fraction of sp³-hybridized carbons (Fsp3) is 0.667. The Morgan fingerprint density at radius 3 is 2.52 bits per heavy atom. The van der Waals surface area contributed by atoms with Gasteiger partial charge in [0.05, 0.1) is 12.3 Å². The number of nitrogens with zero attached hydrogens (tertiary/aromatic N) is 1. The number of carbonyl (C=O) groups excluding carboxylic acids is 1. The monoisotopic (exact) mass is 398 g/mol. The number of hydrogen-bond donors (Lipinski definition) is 1. The number of piperidine rings is 1. The van der Waals surface area contributed by atoms with Crippen LogP contribution in [0.1, 0.15) is 58.8 Å². The number of ether oxygens (including phenoxy) is 2. The summed E-state index contributed by atoms with van der Waals surface area (Å²) in [5, 5.41) is 2.84. The number of unbranched alkanes of at least 4 members (excludes halogenated alkanes) is 3. The Hall–Kier alpha value is -1.46. The van der Waals surface area contributed by atoms with Crippen LogP contribution in [0, 0.1) is 0 Å². The summed E-state index contributed by atoms with van der Waals surface area (Å²) in [4.78, 5) is 14.7. The molecule has 6 heteroatoms. The maximum absolute atomic E-state index is 12.3. The second kappa shape index (κ2) is 13.7. The first kappa shape index (κ1) is 23.6. The third-order valence-corrected chi connectivity index (χ3v) is 4.77. The Morgan fingerprint density at radius 2 is 1.81 bits per heavy atom. The molecular weight excluding hydrogens is 364 g/mol. The Balaban J connectivity index is 0.00000364. The minimum Gasteiger partial charge on any atom is -0.491 e. The molecule has 1 aromatic rings. The Kier molecular flexibility index (Phi) is 11.9. The molecule has 0 radical (unpaired) electrons. The summed E-state index contributed by atoms with van der Waals surface area (Å²) in [5.74, 6) is 0.704. The molecule has 1 amide bonds. The van der Waals surface area contributed by atoms with Gasteiger partial charge in [0.2, 0.25) is 0 Å². The molecule has 0 atom stereocenters. The molecule has 1 aliphatic rings. The first-order valence-electron chi connectivity index (χ1n) is 10.1. The smallest absolute Gasteiger partial charge is 0.412 e. The predicted molar refractivity (Wildman–Crippen MR) is 113 cm³/mol. The summed E-state index contributed by atoms with van der Waals surface area (Å²) < 4.78 is 11.4. The van der Waals surface area contributed by atoms with Crippen LogP contribution in [0.25, 0.3) is 0 Å². The Morgan fingerprint density at radius 1 is 1.11 bits per heavy atom. The van der Waals surface area contributed by atoms with Crippen molar-refractivity contribution in [3.63, 3.8) is 0 Å². The van der Waals surface area contributed by atoms with Crippen LogP contribution < -0.4 is 10.1 Å². The van der Waals surface area contributed by atoms with Gasteiger partial charge in [0, 0.05) is 13.1 Å². The molecule has 2 rings (SSSR count). The number of hydrogen-bond acceptors (Lipinski definition) is 4. The lowest BCUT2D eigenvalue weighted by Gasteiger charge is -2.31. The van der Waals surface area contributed by atoms with E-state index >= 15 is 0 Å². The second-order valence-corrected chi connectivity index (χ2v) is 6.98. The molecule has 0 bridgehead atoms. The summed E-state index contributed by atoms with van der Waals surface area (Å²) in [6.07, 6.45) is 7.22. The predicted octanol–water partition coefficient (Wildman–Crippen LogP) is 5.49. The number of para-hydroxylation sites is 2. The van der Waals surface area contributed by atoms with Crippen molar-refractivity contribution in [2.45, 2.75) is 64.9 Å². The van der Waals surface area contributed by atoms with E-state index in [9.17, 15) is 4.79 Å². The summed E-state index contributed by atoms with van der Waals surface area (Å²) >= 11 is 0. The number of benzene rings is 1. The summed E-state index contributed by atoms with van der Waals surface area (Å²) in [6, 6.07) is 7.54. The highest BCUT2D eigenvalue weighted by Gasteiger charge is 2.22. The minimum absolute atomic E-state index is 0. The average molecular weight is 399 g/mol. The van der Waals surface area contributed by atoms with Crippen molar-refractivity contribution in [1.82, 2.24) is 4.90 Å².